The lowest BCUT2D eigenvalue weighted by atomic mass is 9.72. The Morgan fingerprint density at radius 2 is 1.84 bits per heavy atom. The molecule has 1 rings (SSSR count). The molecule has 1 atom stereocenters. The van der Waals surface area contributed by atoms with Crippen molar-refractivity contribution in [1.82, 2.24) is 4.90 Å². The van der Waals surface area contributed by atoms with Crippen molar-refractivity contribution in [3.8, 4) is 0 Å². The maximum absolute atomic E-state index is 12.8. The summed E-state index contributed by atoms with van der Waals surface area (Å²) in [6, 6.07) is 0. The molecule has 0 aliphatic carbocycles. The maximum atomic E-state index is 12.8. The molecule has 1 aliphatic heterocycles. The predicted octanol–water partition coefficient (Wildman–Crippen LogP) is 3.72. The highest BCUT2D eigenvalue weighted by atomic mass is 16.6. The van der Waals surface area contributed by atoms with Gasteiger partial charge in [0.1, 0.15) is 11.4 Å². The van der Waals surface area contributed by atoms with E-state index in [1.54, 1.807) is 4.90 Å². The number of nitrogens with zero attached hydrogens (tertiary/aromatic N) is 1. The van der Waals surface area contributed by atoms with Gasteiger partial charge in [0.05, 0.1) is 7.11 Å². The Balaban J connectivity index is 2.78. The summed E-state index contributed by atoms with van der Waals surface area (Å²) < 4.78 is 10.2. The zero-order valence-electron chi connectivity index (χ0n) is 16.4. The Kier molecular flexibility index (Phi) is 7.90. The van der Waals surface area contributed by atoms with E-state index in [2.05, 4.69) is 0 Å². The van der Waals surface area contributed by atoms with Crippen molar-refractivity contribution in [3.63, 3.8) is 0 Å². The minimum Gasteiger partial charge on any atom is -0.469 e. The first-order chi connectivity index (χ1) is 11.6. The third-order valence-corrected chi connectivity index (χ3v) is 4.87. The summed E-state index contributed by atoms with van der Waals surface area (Å²) in [5.74, 6) is -0.0826. The van der Waals surface area contributed by atoms with Gasteiger partial charge >= 0.3 is 12.1 Å². The van der Waals surface area contributed by atoms with Gasteiger partial charge in [-0.3, -0.25) is 9.59 Å². The number of methoxy groups -OCH3 is 1. The molecular weight excluding hydrogens is 322 g/mol. The zero-order chi connectivity index (χ0) is 19.1. The van der Waals surface area contributed by atoms with Crippen LogP contribution in [0.4, 0.5) is 4.79 Å². The fourth-order valence-electron chi connectivity index (χ4n) is 3.32. The van der Waals surface area contributed by atoms with Crippen LogP contribution in [0.5, 0.6) is 0 Å². The van der Waals surface area contributed by atoms with Crippen molar-refractivity contribution in [2.45, 2.75) is 78.2 Å². The van der Waals surface area contributed by atoms with E-state index in [9.17, 15) is 14.4 Å². The number of amides is 1. The molecule has 0 bridgehead atoms. The molecule has 144 valence electrons. The van der Waals surface area contributed by atoms with Gasteiger partial charge in [0.25, 0.3) is 0 Å². The fourth-order valence-corrected chi connectivity index (χ4v) is 3.32. The van der Waals surface area contributed by atoms with Crippen LogP contribution in [0.2, 0.25) is 0 Å². The van der Waals surface area contributed by atoms with Gasteiger partial charge in [-0.2, -0.15) is 0 Å². The molecule has 1 heterocycles. The Labute approximate surface area is 151 Å². The Bertz CT molecular complexity index is 483. The molecule has 6 nitrogen and oxygen atoms in total. The minimum absolute atomic E-state index is 0.199. The van der Waals surface area contributed by atoms with Crippen molar-refractivity contribution in [2.24, 2.45) is 5.41 Å². The van der Waals surface area contributed by atoms with Crippen LogP contribution < -0.4 is 0 Å². The number of esters is 1. The molecule has 1 saturated heterocycles. The number of rotatable bonds is 4. The molecule has 1 aliphatic rings. The summed E-state index contributed by atoms with van der Waals surface area (Å²) in [5.41, 5.74) is -1.02. The topological polar surface area (TPSA) is 72.9 Å². The predicted molar refractivity (Wildman–Crippen MR) is 95.3 cm³/mol. The van der Waals surface area contributed by atoms with Crippen molar-refractivity contribution < 1.29 is 23.9 Å². The van der Waals surface area contributed by atoms with Gasteiger partial charge in [-0.15, -0.1) is 0 Å². The van der Waals surface area contributed by atoms with Crippen molar-refractivity contribution >= 4 is 17.8 Å². The second-order valence-corrected chi connectivity index (χ2v) is 7.81. The lowest BCUT2D eigenvalue weighted by Gasteiger charge is -2.31. The molecule has 0 aromatic rings. The molecule has 25 heavy (non-hydrogen) atoms. The van der Waals surface area contributed by atoms with Crippen LogP contribution >= 0.6 is 0 Å². The Hall–Kier alpha value is -1.59. The van der Waals surface area contributed by atoms with Gasteiger partial charge in [0, 0.05) is 31.3 Å². The molecule has 0 saturated carbocycles. The van der Waals surface area contributed by atoms with Gasteiger partial charge in [0.15, 0.2) is 0 Å². The van der Waals surface area contributed by atoms with Gasteiger partial charge in [0.2, 0.25) is 0 Å². The third kappa shape index (κ3) is 6.67. The molecule has 6 heteroatoms. The second-order valence-electron chi connectivity index (χ2n) is 7.81. The summed E-state index contributed by atoms with van der Waals surface area (Å²) in [7, 11) is 1.37. The van der Waals surface area contributed by atoms with E-state index in [0.717, 1.165) is 6.42 Å². The highest BCUT2D eigenvalue weighted by Gasteiger charge is 2.37. The average molecular weight is 355 g/mol. The Morgan fingerprint density at radius 1 is 1.20 bits per heavy atom. The summed E-state index contributed by atoms with van der Waals surface area (Å²) in [5, 5.41) is 0. The fraction of sp³-hybridized carbons (Fsp3) is 0.842. The average Bonchev–Trinajstić information content (AvgIpc) is 2.61. The van der Waals surface area contributed by atoms with E-state index in [-0.39, 0.29) is 24.3 Å². The van der Waals surface area contributed by atoms with Crippen LogP contribution in [-0.2, 0) is 19.1 Å². The first kappa shape index (κ1) is 21.5. The highest BCUT2D eigenvalue weighted by molar-refractivity contribution is 5.85. The Morgan fingerprint density at radius 3 is 2.40 bits per heavy atom. The molecule has 0 spiro atoms. The van der Waals surface area contributed by atoms with Crippen LogP contribution in [0.15, 0.2) is 0 Å². The van der Waals surface area contributed by atoms with Gasteiger partial charge in [-0.05, 0) is 52.9 Å². The first-order valence-electron chi connectivity index (χ1n) is 9.21. The third-order valence-electron chi connectivity index (χ3n) is 4.87. The number of ether oxygens (including phenoxy) is 2. The molecule has 0 aromatic heterocycles. The number of hydrogen-bond donors (Lipinski definition) is 0. The van der Waals surface area contributed by atoms with Crippen LogP contribution in [0.1, 0.15) is 72.6 Å². The van der Waals surface area contributed by atoms with Crippen LogP contribution in [-0.4, -0.2) is 48.5 Å². The van der Waals surface area contributed by atoms with Crippen LogP contribution in [0, 0.1) is 5.41 Å². The summed E-state index contributed by atoms with van der Waals surface area (Å²) in [4.78, 5) is 38.3. The quantitative estimate of drug-likeness (QED) is 0.719. The standard InChI is InChI=1S/C19H33NO5/c1-6-19(12-10-16(22)24-5)11-8-14-20(13-7-9-15(19)21)17(23)25-18(2,3)4/h6-14H2,1-5H3. The monoisotopic (exact) mass is 355 g/mol. The van der Waals surface area contributed by atoms with Crippen LogP contribution in [0.3, 0.4) is 0 Å². The molecule has 1 fully saturated rings. The van der Waals surface area contributed by atoms with Gasteiger partial charge in [-0.25, -0.2) is 4.79 Å². The molecular formula is C19H33NO5. The first-order valence-corrected chi connectivity index (χ1v) is 9.21. The molecule has 0 radical (unpaired) electrons. The number of carbonyl (C=O) groups excluding carboxylic acids is 3. The van der Waals surface area contributed by atoms with E-state index in [4.69, 9.17) is 9.47 Å². The van der Waals surface area contributed by atoms with E-state index in [1.165, 1.54) is 7.11 Å². The molecule has 0 N–H and O–H groups in total. The molecule has 1 unspecified atom stereocenters. The smallest absolute Gasteiger partial charge is 0.410 e. The van der Waals surface area contributed by atoms with E-state index in [1.807, 2.05) is 27.7 Å². The maximum Gasteiger partial charge on any atom is 0.410 e. The number of carbonyl (C=O) groups is 3. The normalized spacial score (nSPS) is 22.6. The largest absolute Gasteiger partial charge is 0.469 e. The summed E-state index contributed by atoms with van der Waals surface area (Å²) >= 11 is 0. The lowest BCUT2D eigenvalue weighted by Crippen LogP contribution is -2.38. The summed E-state index contributed by atoms with van der Waals surface area (Å²) in [6.45, 7) is 8.64. The highest BCUT2D eigenvalue weighted by Crippen LogP contribution is 2.37. The van der Waals surface area contributed by atoms with Crippen molar-refractivity contribution in [2.75, 3.05) is 20.2 Å². The van der Waals surface area contributed by atoms with Crippen LogP contribution in [0.25, 0.3) is 0 Å². The minimum atomic E-state index is -0.529. The number of ketones is 1. The van der Waals surface area contributed by atoms with E-state index >= 15 is 0 Å². The lowest BCUT2D eigenvalue weighted by molar-refractivity contribution is -0.142. The molecule has 1 amide bonds. The second kappa shape index (κ2) is 9.20. The zero-order valence-corrected chi connectivity index (χ0v) is 16.4. The van der Waals surface area contributed by atoms with Gasteiger partial charge < -0.3 is 14.4 Å². The van der Waals surface area contributed by atoms with Crippen molar-refractivity contribution in [3.05, 3.63) is 0 Å². The number of Topliss-reactive ketones (excluding diaryl/α,β-unsaturated/α-hetero) is 1. The van der Waals surface area contributed by atoms with Crippen molar-refractivity contribution in [1.29, 1.82) is 0 Å². The summed E-state index contributed by atoms with van der Waals surface area (Å²) in [6.07, 6.45) is 3.60. The van der Waals surface area contributed by atoms with E-state index < -0.39 is 11.0 Å². The molecule has 0 aromatic carbocycles. The SMILES string of the molecule is CCC1(CCC(=O)OC)CCCN(C(=O)OC(C)(C)C)CCCC1=O. The van der Waals surface area contributed by atoms with Gasteiger partial charge in [-0.1, -0.05) is 6.92 Å². The number of hydrogen-bond acceptors (Lipinski definition) is 5. The van der Waals surface area contributed by atoms with E-state index in [0.29, 0.717) is 45.2 Å².